The lowest BCUT2D eigenvalue weighted by Gasteiger charge is -2.26. The molecule has 0 saturated carbocycles. The molecule has 0 fully saturated rings. The van der Waals surface area contributed by atoms with Gasteiger partial charge in [-0.15, -0.1) is 9.81 Å². The molecule has 0 aliphatic heterocycles. The second kappa shape index (κ2) is 4.14. The van der Waals surface area contributed by atoms with Gasteiger partial charge in [-0.3, -0.25) is 0 Å². The average molecular weight is 238 g/mol. The van der Waals surface area contributed by atoms with E-state index in [1.807, 2.05) is 48.5 Å². The van der Waals surface area contributed by atoms with Crippen molar-refractivity contribution in [2.24, 2.45) is 10.4 Å². The topological polar surface area (TPSA) is 58.9 Å². The van der Waals surface area contributed by atoms with Crippen molar-refractivity contribution in [3.63, 3.8) is 0 Å². The summed E-state index contributed by atoms with van der Waals surface area (Å²) in [5.74, 6) is 0. The Balaban J connectivity index is 2.31. The maximum Gasteiger partial charge on any atom is 0.143 e. The number of rotatable bonds is 2. The van der Waals surface area contributed by atoms with Crippen LogP contribution in [0.1, 0.15) is 34.3 Å². The quantitative estimate of drug-likeness (QED) is 0.749. The third-order valence-corrected chi connectivity index (χ3v) is 3.38. The molecule has 0 heterocycles. The fourth-order valence-electron chi connectivity index (χ4n) is 2.58. The number of hydrogen-bond donors (Lipinski definition) is 0. The maximum atomic E-state index is 11.1. The van der Waals surface area contributed by atoms with Crippen molar-refractivity contribution in [1.29, 1.82) is 0 Å². The molecule has 0 spiro atoms. The van der Waals surface area contributed by atoms with Crippen LogP contribution in [0.15, 0.2) is 58.9 Å². The summed E-state index contributed by atoms with van der Waals surface area (Å²) in [5.41, 5.74) is 3.10. The molecule has 0 saturated heterocycles. The minimum absolute atomic E-state index is 0.546. The summed E-state index contributed by atoms with van der Waals surface area (Å²) in [5, 5.41) is 6.41. The summed E-state index contributed by atoms with van der Waals surface area (Å²) in [6, 6.07) is 13.6. The van der Waals surface area contributed by atoms with Crippen molar-refractivity contribution in [2.45, 2.75) is 12.1 Å². The van der Waals surface area contributed by atoms with E-state index in [1.54, 1.807) is 0 Å². The Labute approximate surface area is 104 Å². The van der Waals surface area contributed by atoms with Gasteiger partial charge in [-0.25, -0.2) is 0 Å². The number of nitroso groups, excluding NO2 is 2. The first-order valence-corrected chi connectivity index (χ1v) is 5.69. The number of nitrogens with zero attached hydrogens (tertiary/aromatic N) is 2. The molecule has 1 aliphatic carbocycles. The molecule has 0 bridgehead atoms. The summed E-state index contributed by atoms with van der Waals surface area (Å²) in [6.07, 6.45) is 0. The highest BCUT2D eigenvalue weighted by atomic mass is 16.3. The fourth-order valence-corrected chi connectivity index (χ4v) is 2.58. The normalized spacial score (nSPS) is 20.7. The van der Waals surface area contributed by atoms with Crippen LogP contribution in [0, 0.1) is 9.81 Å². The van der Waals surface area contributed by atoms with Gasteiger partial charge in [-0.2, -0.15) is 0 Å². The first-order valence-electron chi connectivity index (χ1n) is 5.69. The number of fused-ring (bicyclic) bond motifs is 2. The van der Waals surface area contributed by atoms with Crippen LogP contribution >= 0.6 is 0 Å². The van der Waals surface area contributed by atoms with Crippen molar-refractivity contribution >= 4 is 0 Å². The molecule has 2 aromatic carbocycles. The van der Waals surface area contributed by atoms with Crippen LogP contribution < -0.4 is 0 Å². The standard InChI is InChI=1S/C14H10N2O2/c17-15-13-9-5-1-2-6-10(9)14(16-18)12-8-4-3-7-11(12)13/h1-8,13-14H. The van der Waals surface area contributed by atoms with Crippen LogP contribution in [-0.2, 0) is 0 Å². The Morgan fingerprint density at radius 3 is 1.11 bits per heavy atom. The van der Waals surface area contributed by atoms with Gasteiger partial charge in [0.1, 0.15) is 12.1 Å². The van der Waals surface area contributed by atoms with E-state index in [1.165, 1.54) is 0 Å². The Morgan fingerprint density at radius 2 is 0.889 bits per heavy atom. The first-order chi connectivity index (χ1) is 8.86. The van der Waals surface area contributed by atoms with Gasteiger partial charge < -0.3 is 0 Å². The highest BCUT2D eigenvalue weighted by Crippen LogP contribution is 2.43. The highest BCUT2D eigenvalue weighted by molar-refractivity contribution is 5.52. The van der Waals surface area contributed by atoms with Crippen LogP contribution in [0.4, 0.5) is 0 Å². The Hall–Kier alpha value is -2.36. The molecule has 4 heteroatoms. The van der Waals surface area contributed by atoms with E-state index in [0.29, 0.717) is 0 Å². The molecular formula is C14H10N2O2. The number of hydrogen-bond acceptors (Lipinski definition) is 4. The largest absolute Gasteiger partial charge is 0.150 e. The predicted octanol–water partition coefficient (Wildman–Crippen LogP) is 3.71. The summed E-state index contributed by atoms with van der Waals surface area (Å²) < 4.78 is 0. The zero-order valence-electron chi connectivity index (χ0n) is 9.48. The van der Waals surface area contributed by atoms with E-state index in [4.69, 9.17) is 0 Å². The molecule has 18 heavy (non-hydrogen) atoms. The van der Waals surface area contributed by atoms with Crippen LogP contribution in [0.25, 0.3) is 0 Å². The molecular weight excluding hydrogens is 228 g/mol. The Kier molecular flexibility index (Phi) is 2.48. The lowest BCUT2D eigenvalue weighted by atomic mass is 9.80. The molecule has 4 nitrogen and oxygen atoms in total. The fraction of sp³-hybridized carbons (Fsp3) is 0.143. The SMILES string of the molecule is O=NC1c2ccccc2C(N=O)c2ccccc21. The zero-order valence-corrected chi connectivity index (χ0v) is 9.48. The van der Waals surface area contributed by atoms with Crippen molar-refractivity contribution in [1.82, 2.24) is 0 Å². The summed E-state index contributed by atoms with van der Waals surface area (Å²) >= 11 is 0. The van der Waals surface area contributed by atoms with Gasteiger partial charge in [0.05, 0.1) is 0 Å². The van der Waals surface area contributed by atoms with E-state index in [0.717, 1.165) is 22.3 Å². The van der Waals surface area contributed by atoms with Gasteiger partial charge in [0, 0.05) is 0 Å². The van der Waals surface area contributed by atoms with Gasteiger partial charge in [0.15, 0.2) is 0 Å². The molecule has 1 aliphatic rings. The van der Waals surface area contributed by atoms with E-state index in [9.17, 15) is 9.81 Å². The second-order valence-corrected chi connectivity index (χ2v) is 4.27. The smallest absolute Gasteiger partial charge is 0.143 e. The molecule has 0 unspecified atom stereocenters. The van der Waals surface area contributed by atoms with E-state index >= 15 is 0 Å². The number of benzene rings is 2. The molecule has 88 valence electrons. The van der Waals surface area contributed by atoms with Gasteiger partial charge in [0.25, 0.3) is 0 Å². The Bertz CT molecular complexity index is 523. The molecule has 0 radical (unpaired) electrons. The lowest BCUT2D eigenvalue weighted by molar-refractivity contribution is 0.726. The van der Waals surface area contributed by atoms with Crippen LogP contribution in [0.5, 0.6) is 0 Å². The van der Waals surface area contributed by atoms with Gasteiger partial charge in [0.2, 0.25) is 0 Å². The monoisotopic (exact) mass is 238 g/mol. The van der Waals surface area contributed by atoms with Crippen LogP contribution in [-0.4, -0.2) is 0 Å². The van der Waals surface area contributed by atoms with Gasteiger partial charge in [-0.05, 0) is 22.3 Å². The predicted molar refractivity (Wildman–Crippen MR) is 68.2 cm³/mol. The lowest BCUT2D eigenvalue weighted by Crippen LogP contribution is -2.15. The van der Waals surface area contributed by atoms with Gasteiger partial charge in [-0.1, -0.05) is 58.9 Å². The molecule has 0 aromatic heterocycles. The highest BCUT2D eigenvalue weighted by Gasteiger charge is 2.33. The maximum absolute atomic E-state index is 11.1. The summed E-state index contributed by atoms with van der Waals surface area (Å²) in [7, 11) is 0. The van der Waals surface area contributed by atoms with E-state index < -0.39 is 12.1 Å². The van der Waals surface area contributed by atoms with Gasteiger partial charge >= 0.3 is 0 Å². The zero-order chi connectivity index (χ0) is 12.5. The van der Waals surface area contributed by atoms with Crippen molar-refractivity contribution in [3.8, 4) is 0 Å². The molecule has 0 atom stereocenters. The molecule has 0 N–H and O–H groups in total. The Morgan fingerprint density at radius 1 is 0.611 bits per heavy atom. The minimum Gasteiger partial charge on any atom is -0.150 e. The van der Waals surface area contributed by atoms with Crippen molar-refractivity contribution in [2.75, 3.05) is 0 Å². The summed E-state index contributed by atoms with van der Waals surface area (Å²) in [6.45, 7) is 0. The molecule has 3 rings (SSSR count). The van der Waals surface area contributed by atoms with Crippen molar-refractivity contribution < 1.29 is 0 Å². The van der Waals surface area contributed by atoms with Crippen molar-refractivity contribution in [3.05, 3.63) is 80.6 Å². The summed E-state index contributed by atoms with van der Waals surface area (Å²) in [4.78, 5) is 22.2. The molecule has 2 aromatic rings. The van der Waals surface area contributed by atoms with E-state index in [-0.39, 0.29) is 0 Å². The molecule has 0 amide bonds. The average Bonchev–Trinajstić information content (AvgIpc) is 2.44. The van der Waals surface area contributed by atoms with Crippen LogP contribution in [0.2, 0.25) is 0 Å². The third kappa shape index (κ3) is 1.39. The second-order valence-electron chi connectivity index (χ2n) is 4.27. The van der Waals surface area contributed by atoms with Crippen LogP contribution in [0.3, 0.4) is 0 Å². The minimum atomic E-state index is -0.546. The first kappa shape index (κ1) is 10.8. The third-order valence-electron chi connectivity index (χ3n) is 3.38. The van der Waals surface area contributed by atoms with E-state index in [2.05, 4.69) is 10.4 Å².